The van der Waals surface area contributed by atoms with Crippen LogP contribution in [0.25, 0.3) is 0 Å². The summed E-state index contributed by atoms with van der Waals surface area (Å²) in [7, 11) is 0. The summed E-state index contributed by atoms with van der Waals surface area (Å²) in [5, 5.41) is 13.7. The molecule has 4 heteroatoms. The van der Waals surface area contributed by atoms with Gasteiger partial charge in [-0.15, -0.1) is 0 Å². The third-order valence-electron chi connectivity index (χ3n) is 3.92. The Morgan fingerprint density at radius 3 is 2.50 bits per heavy atom. The minimum atomic E-state index is 0.480. The Balaban J connectivity index is 1.95. The highest BCUT2D eigenvalue weighted by Gasteiger charge is 2.15. The molecule has 0 unspecified atom stereocenters. The van der Waals surface area contributed by atoms with Gasteiger partial charge in [0.15, 0.2) is 0 Å². The number of hydrogen-bond donors (Lipinski definition) is 1. The van der Waals surface area contributed by atoms with Crippen LogP contribution in [-0.4, -0.2) is 15.9 Å². The minimum absolute atomic E-state index is 0.480. The van der Waals surface area contributed by atoms with E-state index in [-0.39, 0.29) is 0 Å². The molecule has 0 aliphatic heterocycles. The first-order valence-corrected chi connectivity index (χ1v) is 8.11. The van der Waals surface area contributed by atoms with E-state index in [2.05, 4.69) is 22.3 Å². The van der Waals surface area contributed by atoms with E-state index in [1.807, 2.05) is 48.5 Å². The first-order chi connectivity index (χ1) is 11.8. The highest BCUT2D eigenvalue weighted by atomic mass is 35.5. The summed E-state index contributed by atoms with van der Waals surface area (Å²) in [6.45, 7) is 0. The molecule has 0 amide bonds. The Hall–Kier alpha value is -2.65. The van der Waals surface area contributed by atoms with Gasteiger partial charge in [0.2, 0.25) is 0 Å². The molecule has 0 aliphatic carbocycles. The van der Waals surface area contributed by atoms with Crippen molar-refractivity contribution in [1.82, 2.24) is 4.98 Å². The average Bonchev–Trinajstić information content (AvgIpc) is 2.63. The van der Waals surface area contributed by atoms with Crippen LogP contribution in [-0.2, 0) is 12.8 Å². The van der Waals surface area contributed by atoms with Gasteiger partial charge in [0, 0.05) is 28.5 Å². The first kappa shape index (κ1) is 16.2. The van der Waals surface area contributed by atoms with E-state index in [4.69, 9.17) is 11.6 Å². The molecular formula is C20H17ClN2O. The Kier molecular flexibility index (Phi) is 5.24. The van der Waals surface area contributed by atoms with Crippen molar-refractivity contribution in [1.29, 1.82) is 0 Å². The van der Waals surface area contributed by atoms with Gasteiger partial charge in [-0.2, -0.15) is 0 Å². The molecule has 0 radical (unpaired) electrons. The molecule has 0 bridgehead atoms. The summed E-state index contributed by atoms with van der Waals surface area (Å²) < 4.78 is 0. The van der Waals surface area contributed by atoms with Crippen molar-refractivity contribution in [3.8, 4) is 0 Å². The maximum atomic E-state index is 9.55. The molecule has 1 heterocycles. The molecule has 3 aromatic rings. The highest BCUT2D eigenvalue weighted by molar-refractivity contribution is 6.32. The number of pyridine rings is 1. The number of oxime groups is 1. The highest BCUT2D eigenvalue weighted by Crippen LogP contribution is 2.24. The van der Waals surface area contributed by atoms with E-state index in [1.54, 1.807) is 12.4 Å². The van der Waals surface area contributed by atoms with Gasteiger partial charge in [-0.3, -0.25) is 4.98 Å². The molecule has 3 nitrogen and oxygen atoms in total. The molecule has 0 aliphatic rings. The molecule has 0 saturated heterocycles. The lowest BCUT2D eigenvalue weighted by atomic mass is 9.94. The van der Waals surface area contributed by atoms with E-state index >= 15 is 0 Å². The Morgan fingerprint density at radius 1 is 0.958 bits per heavy atom. The molecule has 2 aromatic carbocycles. The number of aromatic nitrogens is 1. The van der Waals surface area contributed by atoms with Gasteiger partial charge in [-0.05, 0) is 42.2 Å². The van der Waals surface area contributed by atoms with Crippen LogP contribution in [0.2, 0.25) is 5.02 Å². The fourth-order valence-electron chi connectivity index (χ4n) is 2.72. The lowest BCUT2D eigenvalue weighted by molar-refractivity contribution is 0.319. The largest absolute Gasteiger partial charge is 0.410 e. The molecule has 0 saturated carbocycles. The first-order valence-electron chi connectivity index (χ1n) is 7.73. The third kappa shape index (κ3) is 3.63. The van der Waals surface area contributed by atoms with Gasteiger partial charge in [0.25, 0.3) is 0 Å². The number of aryl methyl sites for hydroxylation is 1. The fraction of sp³-hybridized carbons (Fsp3) is 0.100. The van der Waals surface area contributed by atoms with Gasteiger partial charge in [-0.25, -0.2) is 0 Å². The van der Waals surface area contributed by atoms with Crippen molar-refractivity contribution in [2.24, 2.45) is 5.16 Å². The SMILES string of the molecule is ON=C(c1cccnc1)c1cccc(Cl)c1CCc1ccccc1. The predicted octanol–water partition coefficient (Wildman–Crippen LogP) is 4.75. The van der Waals surface area contributed by atoms with E-state index in [0.29, 0.717) is 10.7 Å². The number of nitrogens with zero attached hydrogens (tertiary/aromatic N) is 2. The average molecular weight is 337 g/mol. The predicted molar refractivity (Wildman–Crippen MR) is 97.0 cm³/mol. The maximum Gasteiger partial charge on any atom is 0.118 e. The monoisotopic (exact) mass is 336 g/mol. The molecule has 120 valence electrons. The van der Waals surface area contributed by atoms with E-state index in [0.717, 1.165) is 29.5 Å². The minimum Gasteiger partial charge on any atom is -0.410 e. The van der Waals surface area contributed by atoms with Crippen LogP contribution in [0, 0.1) is 0 Å². The zero-order valence-electron chi connectivity index (χ0n) is 13.1. The van der Waals surface area contributed by atoms with Crippen molar-refractivity contribution in [2.45, 2.75) is 12.8 Å². The van der Waals surface area contributed by atoms with Crippen molar-refractivity contribution >= 4 is 17.3 Å². The van der Waals surface area contributed by atoms with E-state index < -0.39 is 0 Å². The second kappa shape index (κ2) is 7.75. The lowest BCUT2D eigenvalue weighted by Gasteiger charge is -2.13. The summed E-state index contributed by atoms with van der Waals surface area (Å²) in [6.07, 6.45) is 4.99. The summed E-state index contributed by atoms with van der Waals surface area (Å²) in [4.78, 5) is 4.10. The van der Waals surface area contributed by atoms with Crippen molar-refractivity contribution < 1.29 is 5.21 Å². The summed E-state index contributed by atoms with van der Waals surface area (Å²) in [5.41, 5.74) is 4.28. The van der Waals surface area contributed by atoms with Crippen LogP contribution in [0.4, 0.5) is 0 Å². The van der Waals surface area contributed by atoms with Gasteiger partial charge in [0.1, 0.15) is 5.71 Å². The maximum absolute atomic E-state index is 9.55. The normalized spacial score (nSPS) is 11.5. The Morgan fingerprint density at radius 2 is 1.79 bits per heavy atom. The lowest BCUT2D eigenvalue weighted by Crippen LogP contribution is -2.09. The standard InChI is InChI=1S/C20H17ClN2O/c21-19-10-4-9-18(20(23-24)16-8-5-13-22-14-16)17(19)12-11-15-6-2-1-3-7-15/h1-10,13-14,24H,11-12H2. The molecule has 3 rings (SSSR count). The Labute approximate surface area is 146 Å². The topological polar surface area (TPSA) is 45.5 Å². The van der Waals surface area contributed by atoms with E-state index in [9.17, 15) is 5.21 Å². The molecular weight excluding hydrogens is 320 g/mol. The van der Waals surface area contributed by atoms with Crippen molar-refractivity contribution in [3.63, 3.8) is 0 Å². The number of benzene rings is 2. The molecule has 0 fully saturated rings. The van der Waals surface area contributed by atoms with Crippen molar-refractivity contribution in [3.05, 3.63) is 100 Å². The van der Waals surface area contributed by atoms with Crippen LogP contribution in [0.5, 0.6) is 0 Å². The van der Waals surface area contributed by atoms with Gasteiger partial charge >= 0.3 is 0 Å². The molecule has 0 spiro atoms. The second-order valence-electron chi connectivity index (χ2n) is 5.44. The Bertz CT molecular complexity index is 833. The quantitative estimate of drug-likeness (QED) is 0.415. The zero-order chi connectivity index (χ0) is 16.8. The van der Waals surface area contributed by atoms with E-state index in [1.165, 1.54) is 5.56 Å². The van der Waals surface area contributed by atoms with Crippen LogP contribution < -0.4 is 0 Å². The van der Waals surface area contributed by atoms with Crippen LogP contribution in [0.1, 0.15) is 22.3 Å². The fourth-order valence-corrected chi connectivity index (χ4v) is 2.99. The summed E-state index contributed by atoms with van der Waals surface area (Å²) in [6, 6.07) is 19.6. The van der Waals surface area contributed by atoms with Crippen LogP contribution >= 0.6 is 11.6 Å². The van der Waals surface area contributed by atoms with Gasteiger partial charge in [-0.1, -0.05) is 59.2 Å². The summed E-state index contributed by atoms with van der Waals surface area (Å²) >= 11 is 6.43. The zero-order valence-corrected chi connectivity index (χ0v) is 13.8. The molecule has 1 aromatic heterocycles. The number of rotatable bonds is 5. The smallest absolute Gasteiger partial charge is 0.118 e. The molecule has 1 N–H and O–H groups in total. The molecule has 24 heavy (non-hydrogen) atoms. The molecule has 0 atom stereocenters. The van der Waals surface area contributed by atoms with Crippen LogP contribution in [0.3, 0.4) is 0 Å². The van der Waals surface area contributed by atoms with Crippen molar-refractivity contribution in [2.75, 3.05) is 0 Å². The van der Waals surface area contributed by atoms with Gasteiger partial charge in [0.05, 0.1) is 0 Å². The number of halogens is 1. The second-order valence-corrected chi connectivity index (χ2v) is 5.85. The summed E-state index contributed by atoms with van der Waals surface area (Å²) in [5.74, 6) is 0. The third-order valence-corrected chi connectivity index (χ3v) is 4.27. The number of hydrogen-bond acceptors (Lipinski definition) is 3. The van der Waals surface area contributed by atoms with Gasteiger partial charge < -0.3 is 5.21 Å². The van der Waals surface area contributed by atoms with Crippen LogP contribution in [0.15, 0.2) is 78.2 Å².